The first kappa shape index (κ1) is 45.7. The summed E-state index contributed by atoms with van der Waals surface area (Å²) in [4.78, 5) is 62.1. The molecule has 3 aromatic heterocycles. The number of likely N-dealkylation sites (tertiary alicyclic amines) is 1. The molecule has 1 unspecified atom stereocenters. The summed E-state index contributed by atoms with van der Waals surface area (Å²) in [6.45, 7) is 7.88. The Hall–Kier alpha value is -6.43. The molecule has 67 heavy (non-hydrogen) atoms. The molecule has 3 aliphatic heterocycles. The second kappa shape index (κ2) is 19.4. The van der Waals surface area contributed by atoms with Gasteiger partial charge in [-0.2, -0.15) is 10.1 Å². The van der Waals surface area contributed by atoms with Gasteiger partial charge in [0, 0.05) is 93.7 Å². The van der Waals surface area contributed by atoms with Crippen LogP contribution in [0.15, 0.2) is 84.0 Å². The predicted molar refractivity (Wildman–Crippen MR) is 261 cm³/mol. The Kier molecular flexibility index (Phi) is 13.3. The predicted octanol–water partition coefficient (Wildman–Crippen LogP) is 6.04. The molecule has 3 aromatic carbocycles. The lowest BCUT2D eigenvalue weighted by Crippen LogP contribution is -2.52. The van der Waals surface area contributed by atoms with Crippen molar-refractivity contribution in [3.8, 4) is 22.6 Å². The monoisotopic (exact) mass is 990 g/mol. The highest BCUT2D eigenvalue weighted by Crippen LogP contribution is 2.43. The number of methoxy groups -OCH3 is 1. The van der Waals surface area contributed by atoms with Gasteiger partial charge in [-0.1, -0.05) is 12.1 Å². The van der Waals surface area contributed by atoms with Crippen LogP contribution in [0.4, 0.5) is 28.8 Å². The van der Waals surface area contributed by atoms with Crippen LogP contribution in [-0.4, -0.2) is 130 Å². The molecular weight excluding hydrogens is 939 g/mol. The lowest BCUT2D eigenvalue weighted by Gasteiger charge is -2.39. The number of hydrogen-bond acceptors (Lipinski definition) is 15. The van der Waals surface area contributed by atoms with Gasteiger partial charge in [-0.25, -0.2) is 4.98 Å². The Morgan fingerprint density at radius 1 is 0.910 bits per heavy atom. The third-order valence-electron chi connectivity index (χ3n) is 12.5. The van der Waals surface area contributed by atoms with Crippen LogP contribution in [0.5, 0.6) is 11.5 Å². The summed E-state index contributed by atoms with van der Waals surface area (Å²) in [6, 6.07) is 15.6. The zero-order valence-corrected chi connectivity index (χ0v) is 40.2. The van der Waals surface area contributed by atoms with Crippen molar-refractivity contribution < 1.29 is 28.4 Å². The van der Waals surface area contributed by atoms with Crippen molar-refractivity contribution in [3.63, 3.8) is 0 Å². The van der Waals surface area contributed by atoms with Gasteiger partial charge in [-0.15, -0.1) is 0 Å². The Morgan fingerprint density at radius 3 is 2.37 bits per heavy atom. The van der Waals surface area contributed by atoms with Gasteiger partial charge in [-0.3, -0.25) is 39.3 Å². The van der Waals surface area contributed by atoms with E-state index in [-0.39, 0.29) is 18.2 Å². The van der Waals surface area contributed by atoms with Gasteiger partial charge in [-0.05, 0) is 97.0 Å². The number of rotatable bonds is 13. The number of carbonyl (C=O) groups is 3. The number of piperidine rings is 2. The van der Waals surface area contributed by atoms with E-state index >= 15 is 0 Å². The van der Waals surface area contributed by atoms with Gasteiger partial charge < -0.3 is 34.5 Å². The smallest absolute Gasteiger partial charge is 0.267 e. The van der Waals surface area contributed by atoms with Gasteiger partial charge in [0.15, 0.2) is 6.10 Å². The van der Waals surface area contributed by atoms with Crippen molar-refractivity contribution in [1.29, 1.82) is 0 Å². The van der Waals surface area contributed by atoms with E-state index in [9.17, 15) is 18.9 Å². The number of nitrogens with zero attached hydrogens (tertiary/aromatic N) is 9. The number of piperazine rings is 1. The maximum absolute atomic E-state index is 13.7. The molecule has 3 N–H and O–H groups in total. The van der Waals surface area contributed by atoms with Crippen molar-refractivity contribution >= 4 is 86.0 Å². The zero-order chi connectivity index (χ0) is 46.8. The molecule has 18 nitrogen and oxygen atoms in total. The highest BCUT2D eigenvalue weighted by atomic mass is 79.9. The van der Waals surface area contributed by atoms with E-state index in [1.807, 2.05) is 60.7 Å². The Bertz CT molecular complexity index is 2880. The third kappa shape index (κ3) is 10.3. The molecule has 9 rings (SSSR count). The summed E-state index contributed by atoms with van der Waals surface area (Å²) < 4.78 is 27.8. The fraction of sp³-hybridized carbons (Fsp3) is 0.362. The highest BCUT2D eigenvalue weighted by molar-refractivity contribution is 9.10. The summed E-state index contributed by atoms with van der Waals surface area (Å²) in [5, 5.41) is 14.1. The molecule has 0 aliphatic carbocycles. The van der Waals surface area contributed by atoms with Crippen LogP contribution >= 0.6 is 23.1 Å². The first-order valence-electron chi connectivity index (χ1n) is 22.2. The summed E-state index contributed by atoms with van der Waals surface area (Å²) >= 11 is 3.59. The van der Waals surface area contributed by atoms with Crippen LogP contribution in [0.3, 0.4) is 0 Å². The second-order valence-electron chi connectivity index (χ2n) is 17.4. The quantitative estimate of drug-likeness (QED) is 0.0893. The molecule has 0 bridgehead atoms. The molecule has 348 valence electrons. The van der Waals surface area contributed by atoms with Crippen molar-refractivity contribution in [2.75, 3.05) is 81.8 Å². The molecule has 0 saturated carbocycles. The van der Waals surface area contributed by atoms with E-state index in [1.165, 1.54) is 5.56 Å². The van der Waals surface area contributed by atoms with Crippen LogP contribution in [0.25, 0.3) is 22.2 Å². The third-order valence-corrected chi connectivity index (χ3v) is 14.6. The number of benzene rings is 3. The van der Waals surface area contributed by atoms with Gasteiger partial charge in [0.2, 0.25) is 17.8 Å². The molecule has 3 fully saturated rings. The van der Waals surface area contributed by atoms with E-state index in [0.717, 1.165) is 42.7 Å². The average molecular weight is 992 g/mol. The molecule has 3 aliphatic rings. The van der Waals surface area contributed by atoms with Gasteiger partial charge >= 0.3 is 0 Å². The lowest BCUT2D eigenvalue weighted by molar-refractivity contribution is -0.139. The Labute approximate surface area is 396 Å². The summed E-state index contributed by atoms with van der Waals surface area (Å²) in [7, 11) is 0.687. The van der Waals surface area contributed by atoms with Gasteiger partial charge in [0.1, 0.15) is 30.0 Å². The molecule has 0 spiro atoms. The van der Waals surface area contributed by atoms with Crippen molar-refractivity contribution in [3.05, 3.63) is 89.6 Å². The number of aromatic nitrogens is 6. The topological polar surface area (TPSA) is 202 Å². The van der Waals surface area contributed by atoms with E-state index in [4.69, 9.17) is 14.5 Å². The normalized spacial score (nSPS) is 17.4. The van der Waals surface area contributed by atoms with Crippen molar-refractivity contribution in [1.82, 2.24) is 44.8 Å². The number of amides is 3. The maximum Gasteiger partial charge on any atom is 0.267 e. The largest absolute Gasteiger partial charge is 0.494 e. The average Bonchev–Trinajstić information content (AvgIpc) is 3.76. The molecule has 1 atom stereocenters. The van der Waals surface area contributed by atoms with Crippen molar-refractivity contribution in [2.24, 2.45) is 7.05 Å². The lowest BCUT2D eigenvalue weighted by atomic mass is 9.89. The van der Waals surface area contributed by atoms with E-state index in [2.05, 4.69) is 73.9 Å². The van der Waals surface area contributed by atoms with Crippen molar-refractivity contribution in [2.45, 2.75) is 37.7 Å². The number of fused-ring (bicyclic) bond motifs is 1. The SMILES string of the molecule is COc1cc(N2CCN(C(=O)CN3CCC(c4ccc(OC5CCC(=O)NC5=O)cc4)CC3)CC2)c(-c2cnn(C)c2)cc1Nc1ncc(Br)c(Nc2ccc3nccnc3c2P(C)(C)=O)n1. The maximum atomic E-state index is 13.7. The fourth-order valence-electron chi connectivity index (χ4n) is 9.00. The molecule has 20 heteroatoms. The Morgan fingerprint density at radius 2 is 1.67 bits per heavy atom. The van der Waals surface area contributed by atoms with E-state index < -0.39 is 19.2 Å². The van der Waals surface area contributed by atoms with Crippen LogP contribution in [0.2, 0.25) is 0 Å². The summed E-state index contributed by atoms with van der Waals surface area (Å²) in [5.74, 6) is 1.79. The minimum absolute atomic E-state index is 0.130. The minimum Gasteiger partial charge on any atom is -0.494 e. The first-order valence-corrected chi connectivity index (χ1v) is 25.6. The minimum atomic E-state index is -2.82. The van der Waals surface area contributed by atoms with Gasteiger partial charge in [0.05, 0.1) is 46.5 Å². The molecular formula is C47H52BrN12O6P. The second-order valence-corrected chi connectivity index (χ2v) is 21.4. The zero-order valence-electron chi connectivity index (χ0n) is 37.7. The number of hydrogen-bond donors (Lipinski definition) is 3. The van der Waals surface area contributed by atoms with Gasteiger partial charge in [0.25, 0.3) is 5.91 Å². The number of anilines is 5. The molecule has 3 amide bonds. The number of nitrogens with one attached hydrogen (secondary N) is 3. The molecule has 3 saturated heterocycles. The molecule has 6 aromatic rings. The van der Waals surface area contributed by atoms with Crippen LogP contribution in [-0.2, 0) is 26.0 Å². The molecule has 0 radical (unpaired) electrons. The number of aryl methyl sites for hydroxylation is 1. The number of carbonyl (C=O) groups excluding carboxylic acids is 3. The standard InChI is InChI=1S/C47H52BrN12O6P/c1-57-27-31(25-52-57)33-23-37(54-47-51-26-34(48)45(56-47)53-36-10-9-35-43(50-16-15-49-35)44(36)67(3,4)64)40(65-2)24-38(33)59-19-21-60(22-20-59)42(62)28-58-17-13-30(14-18-58)29-5-7-32(8-6-29)66-39-11-12-41(61)55-46(39)63/h5-10,15-16,23-27,30,39H,11-14,17-22,28H2,1-4H3,(H,55,61,63)(H2,51,53,54,56). The van der Waals surface area contributed by atoms with E-state index in [0.29, 0.717) is 101 Å². The first-order chi connectivity index (χ1) is 32.3. The molecule has 6 heterocycles. The fourth-order valence-corrected chi connectivity index (χ4v) is 10.7. The number of ether oxygens (including phenoxy) is 2. The van der Waals surface area contributed by atoms with Crippen LogP contribution in [0.1, 0.15) is 37.2 Å². The van der Waals surface area contributed by atoms with Crippen LogP contribution < -0.4 is 35.6 Å². The summed E-state index contributed by atoms with van der Waals surface area (Å²) in [6.07, 6.45) is 10.5. The Balaban J connectivity index is 0.844. The van der Waals surface area contributed by atoms with Crippen LogP contribution in [0, 0.1) is 0 Å². The summed E-state index contributed by atoms with van der Waals surface area (Å²) in [5.41, 5.74) is 6.47. The number of imide groups is 1. The van der Waals surface area contributed by atoms with E-state index in [1.54, 1.807) is 43.7 Å². The number of halogens is 1. The highest BCUT2D eigenvalue weighted by Gasteiger charge is 2.30.